The Kier molecular flexibility index (Phi) is 4.76. The number of fused-ring (bicyclic) bond motifs is 1. The number of pyridine rings is 1. The van der Waals surface area contributed by atoms with E-state index in [1.807, 2.05) is 0 Å². The number of carbonyl (C=O) groups is 2. The molecule has 0 unspecified atom stereocenters. The Morgan fingerprint density at radius 2 is 2.00 bits per heavy atom. The van der Waals surface area contributed by atoms with Crippen molar-refractivity contribution >= 4 is 40.1 Å². The number of ether oxygens (including phenoxy) is 1. The molecule has 8 heteroatoms. The second kappa shape index (κ2) is 7.14. The molecule has 0 saturated carbocycles. The summed E-state index contributed by atoms with van der Waals surface area (Å²) in [4.78, 5) is 39.6. The Labute approximate surface area is 146 Å². The Morgan fingerprint density at radius 1 is 1.20 bits per heavy atom. The maximum Gasteiger partial charge on any atom is 0.374 e. The van der Waals surface area contributed by atoms with Crippen molar-refractivity contribution in [3.8, 4) is 0 Å². The number of nitrogens with one attached hydrogen (secondary N) is 1. The third-order valence-electron chi connectivity index (χ3n) is 3.20. The molecule has 2 heterocycles. The van der Waals surface area contributed by atoms with Crippen LogP contribution >= 0.6 is 11.6 Å². The number of para-hydroxylation sites is 1. The molecule has 1 aromatic carbocycles. The van der Waals surface area contributed by atoms with Crippen LogP contribution in [-0.2, 0) is 9.53 Å². The van der Waals surface area contributed by atoms with Gasteiger partial charge < -0.3 is 14.5 Å². The van der Waals surface area contributed by atoms with Gasteiger partial charge in [-0.2, -0.15) is 0 Å². The monoisotopic (exact) mass is 358 g/mol. The first-order chi connectivity index (χ1) is 12.0. The molecule has 0 aliphatic rings. The molecule has 0 saturated heterocycles. The molecule has 1 amide bonds. The number of nitrogens with zero attached hydrogens (tertiary/aromatic N) is 1. The van der Waals surface area contributed by atoms with Crippen molar-refractivity contribution in [2.75, 3.05) is 11.9 Å². The van der Waals surface area contributed by atoms with Crippen molar-refractivity contribution in [1.29, 1.82) is 0 Å². The van der Waals surface area contributed by atoms with Crippen LogP contribution in [0.3, 0.4) is 0 Å². The zero-order valence-corrected chi connectivity index (χ0v) is 13.4. The molecule has 0 aliphatic carbocycles. The quantitative estimate of drug-likeness (QED) is 0.568. The predicted molar refractivity (Wildman–Crippen MR) is 90.6 cm³/mol. The van der Waals surface area contributed by atoms with Crippen LogP contribution in [0.15, 0.2) is 57.9 Å². The maximum atomic E-state index is 12.0. The van der Waals surface area contributed by atoms with Crippen molar-refractivity contribution in [3.63, 3.8) is 0 Å². The number of esters is 1. The number of rotatable bonds is 4. The van der Waals surface area contributed by atoms with Gasteiger partial charge in [-0.25, -0.2) is 9.78 Å². The van der Waals surface area contributed by atoms with E-state index < -0.39 is 18.5 Å². The molecule has 0 fully saturated rings. The predicted octanol–water partition coefficient (Wildman–Crippen LogP) is 2.64. The fourth-order valence-corrected chi connectivity index (χ4v) is 2.24. The van der Waals surface area contributed by atoms with E-state index in [-0.39, 0.29) is 21.9 Å². The van der Waals surface area contributed by atoms with Gasteiger partial charge in [0, 0.05) is 12.3 Å². The van der Waals surface area contributed by atoms with Gasteiger partial charge in [0.1, 0.15) is 5.58 Å². The average molecular weight is 359 g/mol. The van der Waals surface area contributed by atoms with Crippen LogP contribution in [-0.4, -0.2) is 23.5 Å². The van der Waals surface area contributed by atoms with E-state index in [9.17, 15) is 14.4 Å². The lowest BCUT2D eigenvalue weighted by atomic mass is 10.2. The van der Waals surface area contributed by atoms with Crippen molar-refractivity contribution in [2.45, 2.75) is 0 Å². The molecule has 2 aromatic heterocycles. The highest BCUT2D eigenvalue weighted by Crippen LogP contribution is 2.17. The summed E-state index contributed by atoms with van der Waals surface area (Å²) in [6, 6.07) is 10.7. The molecule has 0 aliphatic heterocycles. The van der Waals surface area contributed by atoms with Crippen LogP contribution in [0.25, 0.3) is 11.0 Å². The number of halogens is 1. The first kappa shape index (κ1) is 16.7. The van der Waals surface area contributed by atoms with E-state index in [1.54, 1.807) is 36.4 Å². The summed E-state index contributed by atoms with van der Waals surface area (Å²) in [7, 11) is 0. The summed E-state index contributed by atoms with van der Waals surface area (Å²) in [5, 5.41) is 2.92. The van der Waals surface area contributed by atoms with Crippen LogP contribution in [0.2, 0.25) is 5.15 Å². The topological polar surface area (TPSA) is 98.5 Å². The van der Waals surface area contributed by atoms with E-state index in [1.165, 1.54) is 6.20 Å². The molecule has 0 spiro atoms. The molecule has 3 rings (SSSR count). The summed E-state index contributed by atoms with van der Waals surface area (Å²) in [5.41, 5.74) is 0.177. The van der Waals surface area contributed by atoms with Crippen LogP contribution in [0.4, 0.5) is 5.69 Å². The number of hydrogen-bond donors (Lipinski definition) is 1. The third kappa shape index (κ3) is 3.84. The molecular weight excluding hydrogens is 348 g/mol. The number of amides is 1. The molecule has 0 bridgehead atoms. The first-order valence-electron chi connectivity index (χ1n) is 7.15. The van der Waals surface area contributed by atoms with Gasteiger partial charge in [-0.1, -0.05) is 23.7 Å². The van der Waals surface area contributed by atoms with Crippen LogP contribution < -0.4 is 10.7 Å². The van der Waals surface area contributed by atoms with Crippen molar-refractivity contribution < 1.29 is 18.7 Å². The van der Waals surface area contributed by atoms with E-state index >= 15 is 0 Å². The maximum absolute atomic E-state index is 12.0. The summed E-state index contributed by atoms with van der Waals surface area (Å²) in [6.07, 6.45) is 1.47. The highest BCUT2D eigenvalue weighted by atomic mass is 35.5. The minimum Gasteiger partial charge on any atom is -0.450 e. The van der Waals surface area contributed by atoms with Gasteiger partial charge in [-0.05, 0) is 24.3 Å². The van der Waals surface area contributed by atoms with Gasteiger partial charge in [0.05, 0.1) is 11.1 Å². The van der Waals surface area contributed by atoms with E-state index in [4.69, 9.17) is 20.8 Å². The smallest absolute Gasteiger partial charge is 0.374 e. The van der Waals surface area contributed by atoms with Crippen molar-refractivity contribution in [3.05, 3.63) is 69.8 Å². The summed E-state index contributed by atoms with van der Waals surface area (Å²) in [6.45, 7) is -0.569. The minimum atomic E-state index is -0.921. The van der Waals surface area contributed by atoms with Crippen LogP contribution in [0.5, 0.6) is 0 Å². The second-order valence-corrected chi connectivity index (χ2v) is 5.30. The van der Waals surface area contributed by atoms with Crippen LogP contribution in [0, 0.1) is 0 Å². The lowest BCUT2D eigenvalue weighted by Gasteiger charge is -2.07. The average Bonchev–Trinajstić information content (AvgIpc) is 2.61. The number of carbonyl (C=O) groups excluding carboxylic acids is 2. The lowest BCUT2D eigenvalue weighted by molar-refractivity contribution is -0.119. The second-order valence-electron chi connectivity index (χ2n) is 4.94. The lowest BCUT2D eigenvalue weighted by Crippen LogP contribution is -2.21. The Hall–Kier alpha value is -3.19. The molecule has 0 atom stereocenters. The summed E-state index contributed by atoms with van der Waals surface area (Å²) < 4.78 is 10.2. The van der Waals surface area contributed by atoms with Gasteiger partial charge in [-0.15, -0.1) is 0 Å². The van der Waals surface area contributed by atoms with E-state index in [2.05, 4.69) is 10.3 Å². The molecule has 3 aromatic rings. The standard InChI is InChI=1S/C17H11ClN2O5/c18-16-11(5-3-7-19-16)20-15(22)9-24-17(23)14-8-12(21)10-4-1-2-6-13(10)25-14/h1-8H,9H2,(H,20,22). The number of hydrogen-bond acceptors (Lipinski definition) is 6. The Bertz CT molecular complexity index is 1020. The largest absolute Gasteiger partial charge is 0.450 e. The zero-order chi connectivity index (χ0) is 17.8. The molecule has 0 radical (unpaired) electrons. The summed E-state index contributed by atoms with van der Waals surface area (Å²) in [5.74, 6) is -1.81. The molecular formula is C17H11ClN2O5. The van der Waals surface area contributed by atoms with Gasteiger partial charge in [0.2, 0.25) is 5.76 Å². The zero-order valence-electron chi connectivity index (χ0n) is 12.7. The highest BCUT2D eigenvalue weighted by molar-refractivity contribution is 6.32. The van der Waals surface area contributed by atoms with Gasteiger partial charge >= 0.3 is 5.97 Å². The minimum absolute atomic E-state index is 0.114. The fraction of sp³-hybridized carbons (Fsp3) is 0.0588. The molecule has 7 nitrogen and oxygen atoms in total. The van der Waals surface area contributed by atoms with E-state index in [0.29, 0.717) is 11.1 Å². The van der Waals surface area contributed by atoms with Crippen molar-refractivity contribution in [2.24, 2.45) is 0 Å². The van der Waals surface area contributed by atoms with Crippen molar-refractivity contribution in [1.82, 2.24) is 4.98 Å². The SMILES string of the molecule is O=C(COC(=O)c1cc(=O)c2ccccc2o1)Nc1cccnc1Cl. The summed E-state index contributed by atoms with van der Waals surface area (Å²) >= 11 is 5.82. The first-order valence-corrected chi connectivity index (χ1v) is 7.53. The molecule has 126 valence electrons. The van der Waals surface area contributed by atoms with E-state index in [0.717, 1.165) is 6.07 Å². The fourth-order valence-electron chi connectivity index (χ4n) is 2.07. The van der Waals surface area contributed by atoms with Gasteiger partial charge in [0.15, 0.2) is 17.2 Å². The molecule has 1 N–H and O–H groups in total. The highest BCUT2D eigenvalue weighted by Gasteiger charge is 2.16. The number of benzene rings is 1. The van der Waals surface area contributed by atoms with Gasteiger partial charge in [0.25, 0.3) is 5.91 Å². The number of anilines is 1. The third-order valence-corrected chi connectivity index (χ3v) is 3.50. The number of aromatic nitrogens is 1. The normalized spacial score (nSPS) is 10.4. The van der Waals surface area contributed by atoms with Gasteiger partial charge in [-0.3, -0.25) is 9.59 Å². The van der Waals surface area contributed by atoms with Crippen LogP contribution in [0.1, 0.15) is 10.6 Å². The Balaban J connectivity index is 1.67. The Morgan fingerprint density at radius 3 is 2.80 bits per heavy atom. The molecule has 25 heavy (non-hydrogen) atoms.